The summed E-state index contributed by atoms with van der Waals surface area (Å²) < 4.78 is 3.99. The van der Waals surface area contributed by atoms with Crippen LogP contribution in [0.5, 0.6) is 0 Å². The van der Waals surface area contributed by atoms with Crippen molar-refractivity contribution in [3.63, 3.8) is 0 Å². The van der Waals surface area contributed by atoms with Crippen LogP contribution in [0.3, 0.4) is 0 Å². The second-order valence-electron chi connectivity index (χ2n) is 5.05. The molecule has 0 aliphatic carbocycles. The van der Waals surface area contributed by atoms with E-state index in [2.05, 4.69) is 9.97 Å². The van der Waals surface area contributed by atoms with Gasteiger partial charge in [0.05, 0.1) is 6.33 Å². The van der Waals surface area contributed by atoms with Gasteiger partial charge in [-0.1, -0.05) is 0 Å². The van der Waals surface area contributed by atoms with Crippen molar-refractivity contribution in [1.29, 1.82) is 0 Å². The Hall–Kier alpha value is -2.11. The van der Waals surface area contributed by atoms with Gasteiger partial charge in [-0.05, 0) is 13.8 Å². The van der Waals surface area contributed by atoms with Crippen LogP contribution >= 0.6 is 0 Å². The number of carbonyl (C=O) groups excluding carboxylic acids is 1. The molecule has 20 heavy (non-hydrogen) atoms. The summed E-state index contributed by atoms with van der Waals surface area (Å²) in [6.45, 7) is 5.44. The molecule has 0 bridgehead atoms. The van der Waals surface area contributed by atoms with Crippen molar-refractivity contribution in [2.45, 2.75) is 32.9 Å². The van der Waals surface area contributed by atoms with Crippen LogP contribution in [0.4, 0.5) is 0 Å². The van der Waals surface area contributed by atoms with Gasteiger partial charge >= 0.3 is 0 Å². The van der Waals surface area contributed by atoms with Crippen molar-refractivity contribution in [3.8, 4) is 0 Å². The van der Waals surface area contributed by atoms with Crippen LogP contribution in [-0.2, 0) is 11.3 Å². The molecule has 2 aromatic heterocycles. The smallest absolute Gasteiger partial charge is 0.224 e. The predicted molar refractivity (Wildman–Crippen MR) is 76.2 cm³/mol. The predicted octanol–water partition coefficient (Wildman–Crippen LogP) is 1.50. The Balaban J connectivity index is 1.83. The third kappa shape index (κ3) is 3.46. The first-order valence-corrected chi connectivity index (χ1v) is 6.77. The number of aromatic nitrogens is 4. The Morgan fingerprint density at radius 2 is 2.20 bits per heavy atom. The lowest BCUT2D eigenvalue weighted by atomic mass is 10.2. The van der Waals surface area contributed by atoms with Crippen LogP contribution in [0.1, 0.15) is 25.2 Å². The molecule has 0 aromatic carbocycles. The van der Waals surface area contributed by atoms with Crippen molar-refractivity contribution >= 4 is 5.91 Å². The fourth-order valence-electron chi connectivity index (χ4n) is 2.17. The van der Waals surface area contributed by atoms with Gasteiger partial charge in [-0.3, -0.25) is 4.79 Å². The number of aryl methyl sites for hydroxylation is 1. The molecule has 108 valence electrons. The van der Waals surface area contributed by atoms with Gasteiger partial charge in [0.1, 0.15) is 5.82 Å². The standard InChI is InChI=1S/C14H21N5O/c1-12(19-7-5-16-13(19)2)10-14(20)17(3)8-9-18-6-4-15-11-18/h4-7,11-12H,8-10H2,1-3H3/t12-/m0/s1. The first kappa shape index (κ1) is 14.3. The number of imidazole rings is 2. The van der Waals surface area contributed by atoms with Gasteiger partial charge in [-0.25, -0.2) is 9.97 Å². The van der Waals surface area contributed by atoms with Crippen molar-refractivity contribution < 1.29 is 4.79 Å². The molecule has 6 nitrogen and oxygen atoms in total. The molecule has 2 heterocycles. The molecule has 2 aromatic rings. The second-order valence-corrected chi connectivity index (χ2v) is 5.05. The fourth-order valence-corrected chi connectivity index (χ4v) is 2.17. The third-order valence-corrected chi connectivity index (χ3v) is 3.49. The molecule has 0 saturated carbocycles. The van der Waals surface area contributed by atoms with E-state index in [9.17, 15) is 4.79 Å². The maximum Gasteiger partial charge on any atom is 0.224 e. The molecule has 0 aliphatic heterocycles. The first-order valence-electron chi connectivity index (χ1n) is 6.77. The summed E-state index contributed by atoms with van der Waals surface area (Å²) in [4.78, 5) is 22.1. The number of likely N-dealkylation sites (N-methyl/N-ethyl adjacent to an activating group) is 1. The lowest BCUT2D eigenvalue weighted by molar-refractivity contribution is -0.130. The summed E-state index contributed by atoms with van der Waals surface area (Å²) in [6.07, 6.45) is 9.56. The van der Waals surface area contributed by atoms with Crippen LogP contribution < -0.4 is 0 Å². The molecule has 0 unspecified atom stereocenters. The third-order valence-electron chi connectivity index (χ3n) is 3.49. The van der Waals surface area contributed by atoms with Gasteiger partial charge in [-0.15, -0.1) is 0 Å². The molecule has 0 aliphatic rings. The summed E-state index contributed by atoms with van der Waals surface area (Å²) in [6, 6.07) is 0.126. The summed E-state index contributed by atoms with van der Waals surface area (Å²) in [5.41, 5.74) is 0. The number of rotatable bonds is 6. The Morgan fingerprint density at radius 3 is 2.80 bits per heavy atom. The highest BCUT2D eigenvalue weighted by atomic mass is 16.2. The van der Waals surface area contributed by atoms with E-state index in [1.807, 2.05) is 42.4 Å². The minimum absolute atomic E-state index is 0.126. The molecular formula is C14H21N5O. The van der Waals surface area contributed by atoms with Crippen LogP contribution in [0, 0.1) is 6.92 Å². The molecule has 0 fully saturated rings. The van der Waals surface area contributed by atoms with Gasteiger partial charge in [0, 0.05) is 57.4 Å². The van der Waals surface area contributed by atoms with E-state index in [4.69, 9.17) is 0 Å². The molecule has 0 saturated heterocycles. The van der Waals surface area contributed by atoms with Crippen molar-refractivity contribution in [2.75, 3.05) is 13.6 Å². The zero-order valence-corrected chi connectivity index (χ0v) is 12.2. The summed E-state index contributed by atoms with van der Waals surface area (Å²) in [5.74, 6) is 1.08. The lowest BCUT2D eigenvalue weighted by Gasteiger charge is -2.21. The van der Waals surface area contributed by atoms with E-state index in [1.54, 1.807) is 23.6 Å². The molecule has 1 atom stereocenters. The molecular weight excluding hydrogens is 254 g/mol. The normalized spacial score (nSPS) is 12.3. The van der Waals surface area contributed by atoms with Gasteiger partial charge in [-0.2, -0.15) is 0 Å². The zero-order chi connectivity index (χ0) is 14.5. The number of amides is 1. The highest BCUT2D eigenvalue weighted by molar-refractivity contribution is 5.76. The van der Waals surface area contributed by atoms with Gasteiger partial charge in [0.2, 0.25) is 5.91 Å². The first-order chi connectivity index (χ1) is 9.58. The van der Waals surface area contributed by atoms with Crippen LogP contribution in [0.15, 0.2) is 31.1 Å². The highest BCUT2D eigenvalue weighted by Crippen LogP contribution is 2.13. The summed E-state index contributed by atoms with van der Waals surface area (Å²) in [5, 5.41) is 0. The molecule has 2 rings (SSSR count). The number of carbonyl (C=O) groups is 1. The maximum absolute atomic E-state index is 12.2. The average molecular weight is 275 g/mol. The SMILES string of the molecule is Cc1nccn1[C@@H](C)CC(=O)N(C)CCn1ccnc1. The van der Waals surface area contributed by atoms with Crippen LogP contribution in [-0.4, -0.2) is 43.5 Å². The Bertz CT molecular complexity index is 546. The fraction of sp³-hybridized carbons (Fsp3) is 0.500. The minimum atomic E-state index is 0.126. The molecule has 0 N–H and O–H groups in total. The largest absolute Gasteiger partial charge is 0.344 e. The van der Waals surface area contributed by atoms with Crippen molar-refractivity contribution in [1.82, 2.24) is 24.0 Å². The van der Waals surface area contributed by atoms with E-state index < -0.39 is 0 Å². The van der Waals surface area contributed by atoms with E-state index in [0.717, 1.165) is 12.4 Å². The molecule has 0 radical (unpaired) electrons. The quantitative estimate of drug-likeness (QED) is 0.802. The summed E-state index contributed by atoms with van der Waals surface area (Å²) in [7, 11) is 1.84. The van der Waals surface area contributed by atoms with Crippen molar-refractivity contribution in [3.05, 3.63) is 36.9 Å². The minimum Gasteiger partial charge on any atom is -0.344 e. The monoisotopic (exact) mass is 275 g/mol. The van der Waals surface area contributed by atoms with Gasteiger partial charge in [0.25, 0.3) is 0 Å². The van der Waals surface area contributed by atoms with Gasteiger partial charge < -0.3 is 14.0 Å². The number of nitrogens with zero attached hydrogens (tertiary/aromatic N) is 5. The molecule has 0 spiro atoms. The van der Waals surface area contributed by atoms with E-state index in [-0.39, 0.29) is 11.9 Å². The highest BCUT2D eigenvalue weighted by Gasteiger charge is 2.15. The Labute approximate surface area is 119 Å². The van der Waals surface area contributed by atoms with Crippen molar-refractivity contribution in [2.24, 2.45) is 0 Å². The average Bonchev–Trinajstić information content (AvgIpc) is 3.06. The van der Waals surface area contributed by atoms with E-state index in [1.165, 1.54) is 0 Å². The molecule has 6 heteroatoms. The zero-order valence-electron chi connectivity index (χ0n) is 12.2. The number of hydrogen-bond acceptors (Lipinski definition) is 3. The van der Waals surface area contributed by atoms with Crippen LogP contribution in [0.2, 0.25) is 0 Å². The number of hydrogen-bond donors (Lipinski definition) is 0. The van der Waals surface area contributed by atoms with Gasteiger partial charge in [0.15, 0.2) is 0 Å². The topological polar surface area (TPSA) is 56.0 Å². The second kappa shape index (κ2) is 6.36. The maximum atomic E-state index is 12.2. The van der Waals surface area contributed by atoms with E-state index >= 15 is 0 Å². The van der Waals surface area contributed by atoms with Crippen LogP contribution in [0.25, 0.3) is 0 Å². The Morgan fingerprint density at radius 1 is 1.40 bits per heavy atom. The Kier molecular flexibility index (Phi) is 4.55. The summed E-state index contributed by atoms with van der Waals surface area (Å²) >= 11 is 0. The van der Waals surface area contributed by atoms with E-state index in [0.29, 0.717) is 13.0 Å². The molecule has 1 amide bonds. The lowest BCUT2D eigenvalue weighted by Crippen LogP contribution is -2.31.